The lowest BCUT2D eigenvalue weighted by molar-refractivity contribution is 0.0951. The van der Waals surface area contributed by atoms with Gasteiger partial charge in [-0.15, -0.1) is 0 Å². The van der Waals surface area contributed by atoms with E-state index in [0.717, 1.165) is 23.2 Å². The van der Waals surface area contributed by atoms with Gasteiger partial charge in [0.05, 0.1) is 6.54 Å². The number of carbonyl (C=O) groups excluding carboxylic acids is 2. The van der Waals surface area contributed by atoms with Crippen molar-refractivity contribution in [3.8, 4) is 11.1 Å². The molecule has 34 heavy (non-hydrogen) atoms. The molecule has 0 spiro atoms. The number of amides is 2. The Balaban J connectivity index is 1.26. The Hall–Kier alpha value is -3.64. The molecule has 1 N–H and O–H groups in total. The van der Waals surface area contributed by atoms with Crippen LogP contribution in [-0.2, 0) is 17.8 Å². The Bertz CT molecular complexity index is 1170. The first kappa shape index (κ1) is 22.2. The number of rotatable bonds is 7. The fourth-order valence-electron chi connectivity index (χ4n) is 4.67. The van der Waals surface area contributed by atoms with Gasteiger partial charge in [-0.2, -0.15) is 0 Å². The van der Waals surface area contributed by atoms with Crippen LogP contribution in [0.1, 0.15) is 34.3 Å². The summed E-state index contributed by atoms with van der Waals surface area (Å²) in [5.41, 5.74) is 5.83. The van der Waals surface area contributed by atoms with Crippen LogP contribution in [0.25, 0.3) is 11.1 Å². The topological polar surface area (TPSA) is 61.9 Å². The van der Waals surface area contributed by atoms with E-state index in [9.17, 15) is 9.59 Å². The van der Waals surface area contributed by atoms with Crippen molar-refractivity contribution in [3.63, 3.8) is 0 Å². The normalized spacial score (nSPS) is 16.0. The van der Waals surface area contributed by atoms with Gasteiger partial charge in [-0.05, 0) is 66.4 Å². The van der Waals surface area contributed by atoms with Crippen LogP contribution in [-0.4, -0.2) is 43.1 Å². The molecule has 0 atom stereocenters. The van der Waals surface area contributed by atoms with Crippen molar-refractivity contribution in [1.82, 2.24) is 10.2 Å². The second-order valence-electron chi connectivity index (χ2n) is 8.84. The minimum absolute atomic E-state index is 0.176. The number of nitrogens with zero attached hydrogens (tertiary/aromatic N) is 2. The zero-order valence-corrected chi connectivity index (χ0v) is 19.2. The van der Waals surface area contributed by atoms with E-state index < -0.39 is 0 Å². The summed E-state index contributed by atoms with van der Waals surface area (Å²) in [5.74, 6) is -0.176. The van der Waals surface area contributed by atoms with Gasteiger partial charge in [-0.3, -0.25) is 14.6 Å². The molecule has 0 aromatic heterocycles. The average molecular weight is 456 g/mol. The summed E-state index contributed by atoms with van der Waals surface area (Å²) in [6.07, 6.45) is 2.22. The predicted octanol–water partition coefficient (Wildman–Crippen LogP) is 4.84. The molecule has 2 aliphatic rings. The lowest BCUT2D eigenvalue weighted by Crippen LogP contribution is -2.25. The number of hydrogen-bond acceptors (Lipinski definition) is 4. The molecule has 3 aromatic rings. The summed E-state index contributed by atoms with van der Waals surface area (Å²) in [7, 11) is 0. The van der Waals surface area contributed by atoms with Crippen molar-refractivity contribution in [2.24, 2.45) is 0 Å². The van der Waals surface area contributed by atoms with Crippen molar-refractivity contribution in [3.05, 3.63) is 89.5 Å². The molecule has 5 rings (SSSR count). The molecular weight excluding hydrogens is 426 g/mol. The summed E-state index contributed by atoms with van der Waals surface area (Å²) < 4.78 is 5.01. The van der Waals surface area contributed by atoms with E-state index in [1.165, 1.54) is 31.5 Å². The molecule has 2 amide bonds. The first-order valence-corrected chi connectivity index (χ1v) is 11.9. The van der Waals surface area contributed by atoms with Crippen LogP contribution < -0.4 is 10.2 Å². The first-order valence-electron chi connectivity index (χ1n) is 11.9. The Morgan fingerprint density at radius 3 is 2.47 bits per heavy atom. The first-order chi connectivity index (χ1) is 16.7. The number of hydrogen-bond donors (Lipinski definition) is 1. The van der Waals surface area contributed by atoms with Gasteiger partial charge in [-0.25, -0.2) is 4.79 Å². The van der Waals surface area contributed by atoms with Crippen molar-refractivity contribution >= 4 is 17.7 Å². The van der Waals surface area contributed by atoms with Crippen molar-refractivity contribution < 1.29 is 14.3 Å². The Labute approximate surface area is 200 Å². The molecule has 0 aliphatic carbocycles. The second-order valence-corrected chi connectivity index (χ2v) is 8.84. The highest BCUT2D eigenvalue weighted by Crippen LogP contribution is 2.25. The molecule has 0 bridgehead atoms. The van der Waals surface area contributed by atoms with Gasteiger partial charge in [0.25, 0.3) is 5.91 Å². The molecular formula is C28H29N3O3. The molecule has 0 radical (unpaired) electrons. The number of likely N-dealkylation sites (tertiary alicyclic amines) is 1. The van der Waals surface area contributed by atoms with Gasteiger partial charge < -0.3 is 10.1 Å². The maximum absolute atomic E-state index is 12.9. The summed E-state index contributed by atoms with van der Waals surface area (Å²) in [4.78, 5) is 28.8. The van der Waals surface area contributed by atoms with Gasteiger partial charge in [-0.1, -0.05) is 54.6 Å². The molecule has 0 unspecified atom stereocenters. The molecule has 2 heterocycles. The maximum atomic E-state index is 12.9. The minimum atomic E-state index is -0.377. The highest BCUT2D eigenvalue weighted by Gasteiger charge is 2.24. The Kier molecular flexibility index (Phi) is 6.58. The third-order valence-corrected chi connectivity index (χ3v) is 6.51. The number of ether oxygens (including phenoxy) is 1. The van der Waals surface area contributed by atoms with E-state index >= 15 is 0 Å². The fourth-order valence-corrected chi connectivity index (χ4v) is 4.67. The van der Waals surface area contributed by atoms with Gasteiger partial charge in [0.1, 0.15) is 6.61 Å². The highest BCUT2D eigenvalue weighted by atomic mass is 16.6. The molecule has 6 heteroatoms. The average Bonchev–Trinajstić information content (AvgIpc) is 3.55. The lowest BCUT2D eigenvalue weighted by Gasteiger charge is -2.16. The summed E-state index contributed by atoms with van der Waals surface area (Å²) >= 11 is 0. The Morgan fingerprint density at radius 1 is 0.912 bits per heavy atom. The van der Waals surface area contributed by atoms with Crippen LogP contribution in [0.4, 0.5) is 10.5 Å². The van der Waals surface area contributed by atoms with Crippen LogP contribution >= 0.6 is 0 Å². The van der Waals surface area contributed by atoms with Crippen molar-refractivity contribution in [2.75, 3.05) is 31.1 Å². The quantitative estimate of drug-likeness (QED) is 0.554. The van der Waals surface area contributed by atoms with Crippen LogP contribution in [0.5, 0.6) is 0 Å². The monoisotopic (exact) mass is 455 g/mol. The second kappa shape index (κ2) is 10.1. The zero-order chi connectivity index (χ0) is 23.3. The number of nitrogens with one attached hydrogen (secondary N) is 1. The molecule has 2 aliphatic heterocycles. The summed E-state index contributed by atoms with van der Waals surface area (Å²) in [6.45, 7) is 4.66. The SMILES string of the molecule is O=C(NCc1ccccc1-c1ccc(CN2CCCC2)cc1)c1cccc(N2CCOC2=O)c1. The smallest absolute Gasteiger partial charge is 0.414 e. The third-order valence-electron chi connectivity index (χ3n) is 6.51. The van der Waals surface area contributed by atoms with Crippen LogP contribution in [0.3, 0.4) is 0 Å². The van der Waals surface area contributed by atoms with E-state index in [4.69, 9.17) is 4.74 Å². The van der Waals surface area contributed by atoms with E-state index in [1.54, 1.807) is 23.1 Å². The largest absolute Gasteiger partial charge is 0.447 e. The van der Waals surface area contributed by atoms with Gasteiger partial charge in [0, 0.05) is 24.3 Å². The number of anilines is 1. The maximum Gasteiger partial charge on any atom is 0.414 e. The molecule has 6 nitrogen and oxygen atoms in total. The lowest BCUT2D eigenvalue weighted by atomic mass is 9.98. The third kappa shape index (κ3) is 4.97. The number of cyclic esters (lactones) is 1. The predicted molar refractivity (Wildman–Crippen MR) is 133 cm³/mol. The van der Waals surface area contributed by atoms with Crippen molar-refractivity contribution in [1.29, 1.82) is 0 Å². The molecule has 0 saturated carbocycles. The highest BCUT2D eigenvalue weighted by molar-refractivity contribution is 5.97. The van der Waals surface area contributed by atoms with Gasteiger partial charge in [0.15, 0.2) is 0 Å². The fraction of sp³-hybridized carbons (Fsp3) is 0.286. The molecule has 2 fully saturated rings. The number of carbonyl (C=O) groups is 2. The summed E-state index contributed by atoms with van der Waals surface area (Å²) in [5, 5.41) is 3.03. The van der Waals surface area contributed by atoms with Crippen molar-refractivity contribution in [2.45, 2.75) is 25.9 Å². The van der Waals surface area contributed by atoms with Crippen LogP contribution in [0.2, 0.25) is 0 Å². The van der Waals surface area contributed by atoms with E-state index in [-0.39, 0.29) is 12.0 Å². The molecule has 174 valence electrons. The molecule has 3 aromatic carbocycles. The summed E-state index contributed by atoms with van der Waals surface area (Å²) in [6, 6.07) is 24.0. The van der Waals surface area contributed by atoms with Crippen LogP contribution in [0, 0.1) is 0 Å². The van der Waals surface area contributed by atoms with E-state index in [2.05, 4.69) is 40.5 Å². The van der Waals surface area contributed by atoms with E-state index in [0.29, 0.717) is 30.9 Å². The number of benzene rings is 3. The van der Waals surface area contributed by atoms with E-state index in [1.807, 2.05) is 24.3 Å². The zero-order valence-electron chi connectivity index (χ0n) is 19.2. The van der Waals surface area contributed by atoms with Crippen LogP contribution in [0.15, 0.2) is 72.8 Å². The minimum Gasteiger partial charge on any atom is -0.447 e. The van der Waals surface area contributed by atoms with Gasteiger partial charge in [0.2, 0.25) is 0 Å². The molecule has 2 saturated heterocycles. The Morgan fingerprint density at radius 2 is 1.71 bits per heavy atom. The standard InChI is InChI=1S/C28H29N3O3/c32-27(23-7-5-8-25(18-23)31-16-17-34-28(31)33)29-19-24-6-1-2-9-26(24)22-12-10-21(11-13-22)20-30-14-3-4-15-30/h1-2,5-13,18H,3-4,14-17,19-20H2,(H,29,32). The van der Waals surface area contributed by atoms with Gasteiger partial charge >= 0.3 is 6.09 Å².